The van der Waals surface area contributed by atoms with Crippen LogP contribution in [-0.2, 0) is 9.47 Å². The van der Waals surface area contributed by atoms with Crippen molar-refractivity contribution in [1.82, 2.24) is 4.90 Å². The van der Waals surface area contributed by atoms with Crippen LogP contribution < -0.4 is 0 Å². The zero-order valence-electron chi connectivity index (χ0n) is 11.1. The first kappa shape index (κ1) is 12.7. The molecule has 2 rings (SSSR count). The molecule has 0 spiro atoms. The first-order valence-electron chi connectivity index (χ1n) is 6.55. The van der Waals surface area contributed by atoms with Gasteiger partial charge >= 0.3 is 6.09 Å². The van der Waals surface area contributed by atoms with Crippen molar-refractivity contribution in [3.05, 3.63) is 0 Å². The van der Waals surface area contributed by atoms with Crippen LogP contribution in [0.5, 0.6) is 0 Å². The van der Waals surface area contributed by atoms with Crippen LogP contribution in [0.4, 0.5) is 4.79 Å². The molecule has 0 aliphatic carbocycles. The minimum Gasteiger partial charge on any atom is -0.444 e. The highest BCUT2D eigenvalue weighted by atomic mass is 16.6. The van der Waals surface area contributed by atoms with Crippen molar-refractivity contribution in [2.45, 2.75) is 51.7 Å². The van der Waals surface area contributed by atoms with Gasteiger partial charge in [-0.3, -0.25) is 0 Å². The van der Waals surface area contributed by atoms with Gasteiger partial charge in [-0.2, -0.15) is 0 Å². The summed E-state index contributed by atoms with van der Waals surface area (Å²) in [5.74, 6) is 0.505. The van der Waals surface area contributed by atoms with Crippen molar-refractivity contribution in [2.75, 3.05) is 19.7 Å². The molecular formula is C13H23NO3. The Bertz CT molecular complexity index is 285. The normalized spacial score (nSPS) is 29.7. The first-order valence-corrected chi connectivity index (χ1v) is 6.55. The molecule has 0 aromatic heterocycles. The molecule has 17 heavy (non-hydrogen) atoms. The summed E-state index contributed by atoms with van der Waals surface area (Å²) in [6.07, 6.45) is 3.42. The van der Waals surface area contributed by atoms with E-state index in [1.807, 2.05) is 25.7 Å². The first-order chi connectivity index (χ1) is 7.96. The lowest BCUT2D eigenvalue weighted by Gasteiger charge is -2.41. The SMILES string of the molecule is CC(C)(C)OC(=O)N1CC[C@H]2OCCC[C@H]2C1. The third-order valence-corrected chi connectivity index (χ3v) is 3.37. The van der Waals surface area contributed by atoms with Gasteiger partial charge in [0.2, 0.25) is 0 Å². The van der Waals surface area contributed by atoms with Gasteiger partial charge in [0.05, 0.1) is 6.10 Å². The Morgan fingerprint density at radius 2 is 2.12 bits per heavy atom. The van der Waals surface area contributed by atoms with Crippen LogP contribution >= 0.6 is 0 Å². The van der Waals surface area contributed by atoms with Crippen molar-refractivity contribution < 1.29 is 14.3 Å². The van der Waals surface area contributed by atoms with Gasteiger partial charge in [0, 0.05) is 25.6 Å². The number of carbonyl (C=O) groups excluding carboxylic acids is 1. The lowest BCUT2D eigenvalue weighted by atomic mass is 9.89. The minimum atomic E-state index is -0.406. The van der Waals surface area contributed by atoms with Gasteiger partial charge in [-0.25, -0.2) is 4.79 Å². The molecule has 0 aromatic rings. The quantitative estimate of drug-likeness (QED) is 0.654. The molecule has 98 valence electrons. The molecule has 2 saturated heterocycles. The number of ether oxygens (including phenoxy) is 2. The minimum absolute atomic E-state index is 0.179. The summed E-state index contributed by atoms with van der Waals surface area (Å²) in [6, 6.07) is 0. The van der Waals surface area contributed by atoms with Crippen molar-refractivity contribution >= 4 is 6.09 Å². The summed E-state index contributed by atoms with van der Waals surface area (Å²) >= 11 is 0. The molecule has 2 atom stereocenters. The van der Waals surface area contributed by atoms with E-state index in [1.165, 1.54) is 6.42 Å². The highest BCUT2D eigenvalue weighted by Gasteiger charge is 2.35. The second kappa shape index (κ2) is 4.84. The van der Waals surface area contributed by atoms with Gasteiger partial charge in [0.15, 0.2) is 0 Å². The number of likely N-dealkylation sites (tertiary alicyclic amines) is 1. The topological polar surface area (TPSA) is 38.8 Å². The van der Waals surface area contributed by atoms with Crippen LogP contribution in [0.3, 0.4) is 0 Å². The summed E-state index contributed by atoms with van der Waals surface area (Å²) < 4.78 is 11.1. The van der Waals surface area contributed by atoms with Crippen LogP contribution in [0, 0.1) is 5.92 Å². The highest BCUT2D eigenvalue weighted by Crippen LogP contribution is 2.28. The number of piperidine rings is 1. The fourth-order valence-corrected chi connectivity index (χ4v) is 2.58. The summed E-state index contributed by atoms with van der Waals surface area (Å²) in [5.41, 5.74) is -0.406. The van der Waals surface area contributed by atoms with Crippen molar-refractivity contribution in [3.63, 3.8) is 0 Å². The third kappa shape index (κ3) is 3.35. The molecule has 0 bridgehead atoms. The van der Waals surface area contributed by atoms with Gasteiger partial charge < -0.3 is 14.4 Å². The van der Waals surface area contributed by atoms with Crippen LogP contribution in [-0.4, -0.2) is 42.4 Å². The molecule has 0 saturated carbocycles. The molecule has 1 amide bonds. The molecule has 2 heterocycles. The largest absolute Gasteiger partial charge is 0.444 e. The number of hydrogen-bond donors (Lipinski definition) is 0. The molecule has 4 nitrogen and oxygen atoms in total. The predicted molar refractivity (Wildman–Crippen MR) is 64.9 cm³/mol. The number of hydrogen-bond acceptors (Lipinski definition) is 3. The number of nitrogens with zero attached hydrogens (tertiary/aromatic N) is 1. The molecule has 2 aliphatic heterocycles. The van der Waals surface area contributed by atoms with E-state index in [1.54, 1.807) is 0 Å². The average molecular weight is 241 g/mol. The number of rotatable bonds is 0. The number of carbonyl (C=O) groups is 1. The van der Waals surface area contributed by atoms with Gasteiger partial charge in [-0.1, -0.05) is 0 Å². The number of amides is 1. The van der Waals surface area contributed by atoms with Crippen LogP contribution in [0.25, 0.3) is 0 Å². The van der Waals surface area contributed by atoms with Crippen molar-refractivity contribution in [3.8, 4) is 0 Å². The van der Waals surface area contributed by atoms with E-state index in [4.69, 9.17) is 9.47 Å². The molecule has 2 aliphatic rings. The average Bonchev–Trinajstić information content (AvgIpc) is 2.26. The summed E-state index contributed by atoms with van der Waals surface area (Å²) in [6.45, 7) is 8.15. The predicted octanol–water partition coefficient (Wildman–Crippen LogP) is 2.42. The lowest BCUT2D eigenvalue weighted by Crippen LogP contribution is -2.49. The van der Waals surface area contributed by atoms with Crippen LogP contribution in [0.15, 0.2) is 0 Å². The fourth-order valence-electron chi connectivity index (χ4n) is 2.58. The fraction of sp³-hybridized carbons (Fsp3) is 0.923. The highest BCUT2D eigenvalue weighted by molar-refractivity contribution is 5.68. The Morgan fingerprint density at radius 1 is 1.35 bits per heavy atom. The van der Waals surface area contributed by atoms with E-state index in [0.717, 1.165) is 32.5 Å². The Kier molecular flexibility index (Phi) is 3.61. The Morgan fingerprint density at radius 3 is 2.82 bits per heavy atom. The monoisotopic (exact) mass is 241 g/mol. The maximum atomic E-state index is 12.0. The second-order valence-corrected chi connectivity index (χ2v) is 6.03. The molecule has 0 aromatic carbocycles. The maximum absolute atomic E-state index is 12.0. The van der Waals surface area contributed by atoms with Gasteiger partial charge in [-0.15, -0.1) is 0 Å². The van der Waals surface area contributed by atoms with E-state index >= 15 is 0 Å². The molecule has 0 N–H and O–H groups in total. The van der Waals surface area contributed by atoms with Crippen molar-refractivity contribution in [1.29, 1.82) is 0 Å². The summed E-state index contributed by atoms with van der Waals surface area (Å²) in [7, 11) is 0. The van der Waals surface area contributed by atoms with E-state index in [9.17, 15) is 4.79 Å². The molecule has 0 radical (unpaired) electrons. The van der Waals surface area contributed by atoms with Gasteiger partial charge in [0.1, 0.15) is 5.60 Å². The van der Waals surface area contributed by atoms with Crippen LogP contribution in [0.2, 0.25) is 0 Å². The Balaban J connectivity index is 1.89. The summed E-state index contributed by atoms with van der Waals surface area (Å²) in [5, 5.41) is 0. The summed E-state index contributed by atoms with van der Waals surface area (Å²) in [4.78, 5) is 13.8. The lowest BCUT2D eigenvalue weighted by molar-refractivity contribution is -0.0686. The molecule has 4 heteroatoms. The van der Waals surface area contributed by atoms with Crippen molar-refractivity contribution in [2.24, 2.45) is 5.92 Å². The number of fused-ring (bicyclic) bond motifs is 1. The smallest absolute Gasteiger partial charge is 0.410 e. The van der Waals surface area contributed by atoms with Crippen LogP contribution in [0.1, 0.15) is 40.0 Å². The zero-order valence-corrected chi connectivity index (χ0v) is 11.1. The Labute approximate surface area is 103 Å². The van der Waals surface area contributed by atoms with E-state index < -0.39 is 5.60 Å². The zero-order chi connectivity index (χ0) is 12.5. The van der Waals surface area contributed by atoms with E-state index in [-0.39, 0.29) is 6.09 Å². The molecule has 2 fully saturated rings. The molecule has 0 unspecified atom stereocenters. The van der Waals surface area contributed by atoms with Gasteiger partial charge in [-0.05, 0) is 40.0 Å². The second-order valence-electron chi connectivity index (χ2n) is 6.03. The Hall–Kier alpha value is -0.770. The van der Waals surface area contributed by atoms with E-state index in [0.29, 0.717) is 12.0 Å². The third-order valence-electron chi connectivity index (χ3n) is 3.37. The molecular weight excluding hydrogens is 218 g/mol. The maximum Gasteiger partial charge on any atom is 0.410 e. The van der Waals surface area contributed by atoms with E-state index in [2.05, 4.69) is 0 Å². The van der Waals surface area contributed by atoms with Gasteiger partial charge in [0.25, 0.3) is 0 Å². The standard InChI is InChI=1S/C13H23NO3/c1-13(2,3)17-12(15)14-7-6-11-10(9-14)5-4-8-16-11/h10-11H,4-9H2,1-3H3/t10-,11+/m0/s1.